The lowest BCUT2D eigenvalue weighted by Gasteiger charge is -2.20. The monoisotopic (exact) mass is 259 g/mol. The Morgan fingerprint density at radius 1 is 1.22 bits per heavy atom. The first kappa shape index (κ1) is 16.4. The average molecular weight is 259 g/mol. The maximum absolute atomic E-state index is 11.5. The van der Waals surface area contributed by atoms with Crippen LogP contribution in [0.25, 0.3) is 0 Å². The van der Waals surface area contributed by atoms with Crippen LogP contribution in [-0.2, 0) is 14.4 Å². The Bertz CT molecular complexity index is 317. The number of nitrogens with one attached hydrogen (secondary N) is 2. The number of carbonyl (C=O) groups excluding carboxylic acids is 3. The summed E-state index contributed by atoms with van der Waals surface area (Å²) in [6.07, 6.45) is -0.103. The van der Waals surface area contributed by atoms with Gasteiger partial charge in [-0.2, -0.15) is 0 Å². The van der Waals surface area contributed by atoms with E-state index >= 15 is 0 Å². The van der Waals surface area contributed by atoms with E-state index in [-0.39, 0.29) is 24.9 Å². The highest BCUT2D eigenvalue weighted by Gasteiger charge is 2.21. The molecular weight excluding hydrogens is 238 g/mol. The molecule has 0 unspecified atom stereocenters. The van der Waals surface area contributed by atoms with Crippen LogP contribution in [0.4, 0.5) is 0 Å². The zero-order valence-corrected chi connectivity index (χ0v) is 11.2. The fourth-order valence-electron chi connectivity index (χ4n) is 1.17. The lowest BCUT2D eigenvalue weighted by Crippen LogP contribution is -2.40. The van der Waals surface area contributed by atoms with Gasteiger partial charge in [-0.25, -0.2) is 5.06 Å². The van der Waals surface area contributed by atoms with E-state index in [9.17, 15) is 19.6 Å². The normalized spacial score (nSPS) is 11.9. The van der Waals surface area contributed by atoms with Gasteiger partial charge in [0.15, 0.2) is 0 Å². The summed E-state index contributed by atoms with van der Waals surface area (Å²) >= 11 is 0. The molecule has 7 heteroatoms. The third kappa shape index (κ3) is 5.62. The zero-order chi connectivity index (χ0) is 14.3. The van der Waals surface area contributed by atoms with Gasteiger partial charge in [-0.15, -0.1) is 0 Å². The molecule has 18 heavy (non-hydrogen) atoms. The minimum atomic E-state index is -0.601. The molecule has 0 aliphatic heterocycles. The molecule has 0 aromatic heterocycles. The summed E-state index contributed by atoms with van der Waals surface area (Å²) in [5.74, 6) is -1.83. The number of hydrogen-bond donors (Lipinski definition) is 3. The molecule has 0 aromatic rings. The lowest BCUT2D eigenvalue weighted by molar-refractivity contribution is -0.174. The van der Waals surface area contributed by atoms with E-state index in [2.05, 4.69) is 10.6 Å². The van der Waals surface area contributed by atoms with E-state index in [0.717, 1.165) is 0 Å². The van der Waals surface area contributed by atoms with E-state index in [1.165, 1.54) is 7.05 Å². The maximum Gasteiger partial charge on any atom is 0.246 e. The maximum atomic E-state index is 11.5. The van der Waals surface area contributed by atoms with Crippen molar-refractivity contribution in [2.45, 2.75) is 33.2 Å². The molecule has 0 bridgehead atoms. The highest BCUT2D eigenvalue weighted by molar-refractivity contribution is 5.88. The van der Waals surface area contributed by atoms with Crippen molar-refractivity contribution in [3.8, 4) is 0 Å². The van der Waals surface area contributed by atoms with Crippen molar-refractivity contribution in [2.24, 2.45) is 5.92 Å². The summed E-state index contributed by atoms with van der Waals surface area (Å²) in [6.45, 7) is 4.76. The summed E-state index contributed by atoms with van der Waals surface area (Å²) < 4.78 is 0. The van der Waals surface area contributed by atoms with Crippen molar-refractivity contribution in [3.63, 3.8) is 0 Å². The minimum Gasteiger partial charge on any atom is -0.358 e. The molecule has 7 nitrogen and oxygen atoms in total. The van der Waals surface area contributed by atoms with Gasteiger partial charge in [0.1, 0.15) is 0 Å². The summed E-state index contributed by atoms with van der Waals surface area (Å²) in [6, 6.07) is -0.335. The summed E-state index contributed by atoms with van der Waals surface area (Å²) in [5.41, 5.74) is 0. The van der Waals surface area contributed by atoms with Gasteiger partial charge in [0.25, 0.3) is 0 Å². The third-order valence-corrected chi connectivity index (χ3v) is 2.38. The fourth-order valence-corrected chi connectivity index (χ4v) is 1.17. The molecule has 3 N–H and O–H groups in total. The van der Waals surface area contributed by atoms with Crippen molar-refractivity contribution in [3.05, 3.63) is 0 Å². The van der Waals surface area contributed by atoms with Crippen LogP contribution in [0, 0.1) is 5.92 Å². The summed E-state index contributed by atoms with van der Waals surface area (Å²) in [4.78, 5) is 34.0. The van der Waals surface area contributed by atoms with Crippen LogP contribution in [0.1, 0.15) is 27.2 Å². The van der Waals surface area contributed by atoms with Crippen LogP contribution >= 0.6 is 0 Å². The van der Waals surface area contributed by atoms with Crippen molar-refractivity contribution < 1.29 is 19.6 Å². The van der Waals surface area contributed by atoms with Crippen molar-refractivity contribution in [2.75, 3.05) is 13.6 Å². The molecular formula is C11H21N3O4. The van der Waals surface area contributed by atoms with Gasteiger partial charge >= 0.3 is 0 Å². The van der Waals surface area contributed by atoms with Crippen LogP contribution in [0.3, 0.4) is 0 Å². The van der Waals surface area contributed by atoms with Gasteiger partial charge in [0.2, 0.25) is 17.7 Å². The van der Waals surface area contributed by atoms with E-state index < -0.39 is 17.7 Å². The van der Waals surface area contributed by atoms with E-state index in [4.69, 9.17) is 0 Å². The molecule has 0 saturated carbocycles. The van der Waals surface area contributed by atoms with Crippen molar-refractivity contribution in [1.29, 1.82) is 0 Å². The first-order chi connectivity index (χ1) is 8.29. The lowest BCUT2D eigenvalue weighted by atomic mass is 10.1. The number of hydroxylamine groups is 2. The van der Waals surface area contributed by atoms with Gasteiger partial charge in [0.05, 0.1) is 12.6 Å². The Morgan fingerprint density at radius 2 is 1.78 bits per heavy atom. The number of carbonyl (C=O) groups is 3. The number of likely N-dealkylation sites (N-methyl/N-ethyl adjacent to an activating group) is 1. The number of rotatable bonds is 6. The van der Waals surface area contributed by atoms with Gasteiger partial charge < -0.3 is 10.6 Å². The Hall–Kier alpha value is -1.63. The Morgan fingerprint density at radius 3 is 2.22 bits per heavy atom. The molecule has 3 amide bonds. The molecule has 104 valence electrons. The smallest absolute Gasteiger partial charge is 0.246 e. The van der Waals surface area contributed by atoms with E-state index in [1.807, 2.05) is 0 Å². The largest absolute Gasteiger partial charge is 0.358 e. The van der Waals surface area contributed by atoms with Gasteiger partial charge in [-0.05, 0) is 13.8 Å². The Labute approximate surface area is 106 Å². The van der Waals surface area contributed by atoms with Crippen molar-refractivity contribution in [1.82, 2.24) is 15.7 Å². The Kier molecular flexibility index (Phi) is 6.96. The van der Waals surface area contributed by atoms with Crippen LogP contribution in [0.2, 0.25) is 0 Å². The quantitative estimate of drug-likeness (QED) is 0.442. The number of nitrogens with zero attached hydrogens (tertiary/aromatic N) is 1. The predicted octanol–water partition coefficient (Wildman–Crippen LogP) is -0.499. The van der Waals surface area contributed by atoms with Crippen molar-refractivity contribution >= 4 is 17.7 Å². The molecule has 0 spiro atoms. The highest BCUT2D eigenvalue weighted by atomic mass is 16.5. The molecule has 0 aromatic carbocycles. The predicted molar refractivity (Wildman–Crippen MR) is 64.6 cm³/mol. The first-order valence-electron chi connectivity index (χ1n) is 5.78. The van der Waals surface area contributed by atoms with Crippen LogP contribution in [0.5, 0.6) is 0 Å². The highest BCUT2D eigenvalue weighted by Crippen LogP contribution is 2.06. The fraction of sp³-hybridized carbons (Fsp3) is 0.727. The molecule has 0 aliphatic carbocycles. The topological polar surface area (TPSA) is 98.7 Å². The van der Waals surface area contributed by atoms with Crippen LogP contribution < -0.4 is 10.6 Å². The van der Waals surface area contributed by atoms with Crippen LogP contribution in [-0.4, -0.2) is 47.6 Å². The van der Waals surface area contributed by atoms with Crippen LogP contribution in [0.15, 0.2) is 0 Å². The SMILES string of the molecule is CNC(=O)CNC(=O)[C@H](C)CC(=O)N(O)C(C)C. The summed E-state index contributed by atoms with van der Waals surface area (Å²) in [5, 5.41) is 14.7. The molecule has 0 fully saturated rings. The first-order valence-corrected chi connectivity index (χ1v) is 5.78. The molecule has 0 saturated heterocycles. The second kappa shape index (κ2) is 7.65. The molecule has 0 radical (unpaired) electrons. The standard InChI is InChI=1S/C11H21N3O4/c1-7(2)14(18)10(16)5-8(3)11(17)13-6-9(15)12-4/h7-8,18H,5-6H2,1-4H3,(H,12,15)(H,13,17)/t8-/m1/s1. The third-order valence-electron chi connectivity index (χ3n) is 2.38. The summed E-state index contributed by atoms with van der Waals surface area (Å²) in [7, 11) is 1.47. The zero-order valence-electron chi connectivity index (χ0n) is 11.2. The minimum absolute atomic E-state index is 0.103. The second-order valence-electron chi connectivity index (χ2n) is 4.33. The van der Waals surface area contributed by atoms with E-state index in [1.54, 1.807) is 20.8 Å². The van der Waals surface area contributed by atoms with Gasteiger partial charge in [-0.1, -0.05) is 6.92 Å². The molecule has 0 heterocycles. The van der Waals surface area contributed by atoms with E-state index in [0.29, 0.717) is 5.06 Å². The molecule has 0 aliphatic rings. The van der Waals surface area contributed by atoms with Gasteiger partial charge in [-0.3, -0.25) is 19.6 Å². The molecule has 1 atom stereocenters. The number of hydrogen-bond acceptors (Lipinski definition) is 4. The Balaban J connectivity index is 4.16. The molecule has 0 rings (SSSR count). The average Bonchev–Trinajstić information content (AvgIpc) is 2.33. The number of amides is 3. The van der Waals surface area contributed by atoms with Gasteiger partial charge in [0, 0.05) is 19.4 Å². The second-order valence-corrected chi connectivity index (χ2v) is 4.33.